The number of nitrogens with zero attached hydrogens (tertiary/aromatic N) is 1. The Morgan fingerprint density at radius 2 is 1.65 bits per heavy atom. The van der Waals surface area contributed by atoms with Gasteiger partial charge in [0, 0.05) is 12.8 Å². The molecule has 116 valence electrons. The minimum atomic E-state index is -0.740. The SMILES string of the molecule is CCCCC/C(=C/CCCCCCCC(=O)O)[N+](=O)[O-]. The first-order valence-corrected chi connectivity index (χ1v) is 7.63. The van der Waals surface area contributed by atoms with Crippen LogP contribution in [0.4, 0.5) is 0 Å². The number of nitro groups is 1. The fraction of sp³-hybridized carbons (Fsp3) is 0.800. The summed E-state index contributed by atoms with van der Waals surface area (Å²) >= 11 is 0. The van der Waals surface area contributed by atoms with Gasteiger partial charge in [0.1, 0.15) is 0 Å². The summed E-state index contributed by atoms with van der Waals surface area (Å²) in [6.45, 7) is 2.08. The molecule has 0 saturated heterocycles. The maximum atomic E-state index is 10.8. The standard InChI is InChI=1S/C15H27NO4/c1-2-3-8-11-14(16(19)20)12-9-6-4-5-7-10-13-15(17)18/h12H,2-11,13H2,1H3,(H,17,18)/b14-12-. The molecule has 20 heavy (non-hydrogen) atoms. The lowest BCUT2D eigenvalue weighted by molar-refractivity contribution is -0.428. The smallest absolute Gasteiger partial charge is 0.303 e. The number of aliphatic carboxylic acids is 1. The van der Waals surface area contributed by atoms with Gasteiger partial charge in [-0.3, -0.25) is 14.9 Å². The first-order valence-electron chi connectivity index (χ1n) is 7.63. The molecule has 0 aromatic heterocycles. The molecule has 0 spiro atoms. The Balaban J connectivity index is 3.67. The van der Waals surface area contributed by atoms with Crippen molar-refractivity contribution < 1.29 is 14.8 Å². The van der Waals surface area contributed by atoms with E-state index >= 15 is 0 Å². The summed E-state index contributed by atoms with van der Waals surface area (Å²) in [5.41, 5.74) is 0.351. The van der Waals surface area contributed by atoms with Crippen LogP contribution in [-0.4, -0.2) is 16.0 Å². The second kappa shape index (κ2) is 12.6. The van der Waals surface area contributed by atoms with Crippen molar-refractivity contribution in [3.8, 4) is 0 Å². The largest absolute Gasteiger partial charge is 0.481 e. The molecule has 0 saturated carbocycles. The molecule has 0 unspecified atom stereocenters. The van der Waals surface area contributed by atoms with Crippen LogP contribution in [0.5, 0.6) is 0 Å². The second-order valence-corrected chi connectivity index (χ2v) is 5.11. The van der Waals surface area contributed by atoms with Crippen LogP contribution in [0.2, 0.25) is 0 Å². The van der Waals surface area contributed by atoms with Crippen molar-refractivity contribution in [2.75, 3.05) is 0 Å². The molecule has 0 bridgehead atoms. The first kappa shape index (κ1) is 18.6. The Hall–Kier alpha value is -1.39. The average Bonchev–Trinajstić information content (AvgIpc) is 2.39. The first-order chi connectivity index (χ1) is 9.57. The zero-order valence-corrected chi connectivity index (χ0v) is 12.5. The second-order valence-electron chi connectivity index (χ2n) is 5.11. The Morgan fingerprint density at radius 3 is 2.25 bits per heavy atom. The number of unbranched alkanes of at least 4 members (excludes halogenated alkanes) is 7. The molecule has 0 aromatic rings. The van der Waals surface area contributed by atoms with E-state index in [1.54, 1.807) is 6.08 Å². The van der Waals surface area contributed by atoms with Gasteiger partial charge in [-0.15, -0.1) is 0 Å². The van der Waals surface area contributed by atoms with Crippen LogP contribution in [0.3, 0.4) is 0 Å². The normalized spacial score (nSPS) is 11.6. The maximum Gasteiger partial charge on any atom is 0.303 e. The molecular formula is C15H27NO4. The minimum Gasteiger partial charge on any atom is -0.481 e. The molecule has 1 N–H and O–H groups in total. The van der Waals surface area contributed by atoms with Gasteiger partial charge in [-0.05, 0) is 31.8 Å². The van der Waals surface area contributed by atoms with Gasteiger partial charge in [-0.2, -0.15) is 0 Å². The summed E-state index contributed by atoms with van der Waals surface area (Å²) in [6, 6.07) is 0. The third-order valence-corrected chi connectivity index (χ3v) is 3.25. The topological polar surface area (TPSA) is 80.4 Å². The van der Waals surface area contributed by atoms with Crippen LogP contribution in [0.25, 0.3) is 0 Å². The van der Waals surface area contributed by atoms with Gasteiger partial charge in [-0.25, -0.2) is 0 Å². The zero-order chi connectivity index (χ0) is 15.2. The van der Waals surface area contributed by atoms with Crippen LogP contribution in [-0.2, 0) is 4.79 Å². The van der Waals surface area contributed by atoms with Gasteiger partial charge in [-0.1, -0.05) is 39.0 Å². The third kappa shape index (κ3) is 11.7. The molecule has 0 radical (unpaired) electrons. The summed E-state index contributed by atoms with van der Waals surface area (Å²) in [7, 11) is 0. The highest BCUT2D eigenvalue weighted by atomic mass is 16.6. The van der Waals surface area contributed by atoms with E-state index in [0.29, 0.717) is 12.1 Å². The van der Waals surface area contributed by atoms with Crippen molar-refractivity contribution in [2.45, 2.75) is 77.6 Å². The van der Waals surface area contributed by atoms with Gasteiger partial charge in [0.05, 0.1) is 4.92 Å². The van der Waals surface area contributed by atoms with Crippen LogP contribution < -0.4 is 0 Å². The van der Waals surface area contributed by atoms with E-state index in [0.717, 1.165) is 57.8 Å². The lowest BCUT2D eigenvalue weighted by Crippen LogP contribution is -1.99. The van der Waals surface area contributed by atoms with Crippen LogP contribution in [0.15, 0.2) is 11.8 Å². The predicted molar refractivity (Wildman–Crippen MR) is 79.2 cm³/mol. The van der Waals surface area contributed by atoms with Gasteiger partial charge in [0.2, 0.25) is 5.70 Å². The van der Waals surface area contributed by atoms with E-state index in [-0.39, 0.29) is 11.3 Å². The Morgan fingerprint density at radius 1 is 1.05 bits per heavy atom. The molecule has 0 rings (SSSR count). The molecule has 0 aliphatic rings. The number of hydrogen-bond acceptors (Lipinski definition) is 3. The van der Waals surface area contributed by atoms with E-state index < -0.39 is 5.97 Å². The monoisotopic (exact) mass is 285 g/mol. The molecule has 0 aromatic carbocycles. The molecule has 5 heteroatoms. The summed E-state index contributed by atoms with van der Waals surface area (Å²) in [4.78, 5) is 20.9. The van der Waals surface area contributed by atoms with Gasteiger partial charge in [0.15, 0.2) is 0 Å². The summed E-state index contributed by atoms with van der Waals surface area (Å²) in [5.74, 6) is -0.740. The van der Waals surface area contributed by atoms with Crippen LogP contribution in [0.1, 0.15) is 77.6 Å². The van der Waals surface area contributed by atoms with Crippen molar-refractivity contribution in [1.29, 1.82) is 0 Å². The summed E-state index contributed by atoms with van der Waals surface area (Å²) in [6.07, 6.45) is 10.9. The van der Waals surface area contributed by atoms with Gasteiger partial charge < -0.3 is 5.11 Å². The predicted octanol–water partition coefficient (Wildman–Crippen LogP) is 4.54. The number of rotatable bonds is 13. The number of carboxylic acids is 1. The number of allylic oxidation sites excluding steroid dienone is 2. The Labute approximate surface area is 121 Å². The average molecular weight is 285 g/mol. The lowest BCUT2D eigenvalue weighted by atomic mass is 10.1. The third-order valence-electron chi connectivity index (χ3n) is 3.25. The fourth-order valence-electron chi connectivity index (χ4n) is 2.04. The van der Waals surface area contributed by atoms with E-state index in [2.05, 4.69) is 6.92 Å². The lowest BCUT2D eigenvalue weighted by Gasteiger charge is -2.00. The quantitative estimate of drug-likeness (QED) is 0.306. The molecule has 0 aliphatic carbocycles. The molecule has 0 amide bonds. The number of carbonyl (C=O) groups is 1. The van der Waals surface area contributed by atoms with Gasteiger partial charge in [0.25, 0.3) is 0 Å². The van der Waals surface area contributed by atoms with Crippen molar-refractivity contribution >= 4 is 5.97 Å². The van der Waals surface area contributed by atoms with E-state index in [1.807, 2.05) is 0 Å². The number of carboxylic acid groups (broad SMARTS) is 1. The zero-order valence-electron chi connectivity index (χ0n) is 12.5. The molecule has 0 fully saturated rings. The highest BCUT2D eigenvalue weighted by Crippen LogP contribution is 2.13. The van der Waals surface area contributed by atoms with Crippen molar-refractivity contribution in [3.63, 3.8) is 0 Å². The van der Waals surface area contributed by atoms with E-state index in [9.17, 15) is 14.9 Å². The summed E-state index contributed by atoms with van der Waals surface area (Å²) < 4.78 is 0. The van der Waals surface area contributed by atoms with Crippen molar-refractivity contribution in [2.24, 2.45) is 0 Å². The van der Waals surface area contributed by atoms with Crippen LogP contribution in [0, 0.1) is 10.1 Å². The number of hydrogen-bond donors (Lipinski definition) is 1. The van der Waals surface area contributed by atoms with Crippen molar-refractivity contribution in [1.82, 2.24) is 0 Å². The molecule has 5 nitrogen and oxygen atoms in total. The molecule has 0 atom stereocenters. The van der Waals surface area contributed by atoms with Crippen LogP contribution >= 0.6 is 0 Å². The Bertz CT molecular complexity index is 313. The molecule has 0 heterocycles. The van der Waals surface area contributed by atoms with Gasteiger partial charge >= 0.3 is 5.97 Å². The molecule has 0 aliphatic heterocycles. The summed E-state index contributed by atoms with van der Waals surface area (Å²) in [5, 5.41) is 19.3. The minimum absolute atomic E-state index is 0.239. The fourth-order valence-corrected chi connectivity index (χ4v) is 2.04. The maximum absolute atomic E-state index is 10.8. The van der Waals surface area contributed by atoms with E-state index in [1.165, 1.54) is 0 Å². The Kier molecular flexibility index (Phi) is 11.8. The van der Waals surface area contributed by atoms with Crippen molar-refractivity contribution in [3.05, 3.63) is 21.9 Å². The van der Waals surface area contributed by atoms with E-state index in [4.69, 9.17) is 5.11 Å². The highest BCUT2D eigenvalue weighted by molar-refractivity contribution is 5.66. The molecular weight excluding hydrogens is 258 g/mol. The highest BCUT2D eigenvalue weighted by Gasteiger charge is 2.08.